The van der Waals surface area contributed by atoms with Crippen LogP contribution >= 0.6 is 11.8 Å². The minimum Gasteiger partial charge on any atom is -0.455 e. The van der Waals surface area contributed by atoms with Crippen molar-refractivity contribution in [3.63, 3.8) is 0 Å². The van der Waals surface area contributed by atoms with E-state index in [2.05, 4.69) is 5.32 Å². The molecule has 2 atom stereocenters. The Labute approximate surface area is 157 Å². The second kappa shape index (κ2) is 6.79. The summed E-state index contributed by atoms with van der Waals surface area (Å²) >= 11 is 1.53. The van der Waals surface area contributed by atoms with Gasteiger partial charge in [-0.15, -0.1) is 11.8 Å². The van der Waals surface area contributed by atoms with Gasteiger partial charge in [0.15, 0.2) is 0 Å². The molecular weight excluding hydrogens is 352 g/mol. The first kappa shape index (κ1) is 18.5. The van der Waals surface area contributed by atoms with Crippen molar-refractivity contribution in [1.82, 2.24) is 10.2 Å². The van der Waals surface area contributed by atoms with Crippen LogP contribution in [0.4, 0.5) is 0 Å². The highest BCUT2D eigenvalue weighted by Gasteiger charge is 2.54. The Morgan fingerprint density at radius 3 is 2.50 bits per heavy atom. The van der Waals surface area contributed by atoms with Crippen LogP contribution in [0.15, 0.2) is 41.6 Å². The zero-order valence-electron chi connectivity index (χ0n) is 15.2. The lowest BCUT2D eigenvalue weighted by Crippen LogP contribution is -2.70. The molecule has 0 bridgehead atoms. The summed E-state index contributed by atoms with van der Waals surface area (Å²) in [6.07, 6.45) is 0. The number of amides is 2. The lowest BCUT2D eigenvalue weighted by molar-refractivity contribution is -0.158. The Bertz CT molecular complexity index is 782. The lowest BCUT2D eigenvalue weighted by atomic mass is 10.0. The maximum Gasteiger partial charge on any atom is 0.355 e. The van der Waals surface area contributed by atoms with Crippen molar-refractivity contribution in [2.45, 2.75) is 44.7 Å². The van der Waals surface area contributed by atoms with Crippen LogP contribution in [0.5, 0.6) is 0 Å². The molecule has 0 aliphatic carbocycles. The van der Waals surface area contributed by atoms with Gasteiger partial charge in [-0.3, -0.25) is 14.5 Å². The Morgan fingerprint density at radius 1 is 1.23 bits per heavy atom. The summed E-state index contributed by atoms with van der Waals surface area (Å²) in [5.41, 5.74) is 0.971. The highest BCUT2D eigenvalue weighted by molar-refractivity contribution is 8.00. The van der Waals surface area contributed by atoms with Crippen molar-refractivity contribution in [3.8, 4) is 0 Å². The van der Waals surface area contributed by atoms with Crippen LogP contribution < -0.4 is 5.32 Å². The number of nitrogens with one attached hydrogen (secondary N) is 1. The molecular formula is C19H22N2O4S. The monoisotopic (exact) mass is 374 g/mol. The number of carbonyl (C=O) groups is 3. The van der Waals surface area contributed by atoms with Crippen LogP contribution in [0.25, 0.3) is 0 Å². The molecule has 0 saturated carbocycles. The predicted molar refractivity (Wildman–Crippen MR) is 99.3 cm³/mol. The van der Waals surface area contributed by atoms with Crippen LogP contribution in [0.1, 0.15) is 38.1 Å². The van der Waals surface area contributed by atoms with Crippen molar-refractivity contribution in [2.75, 3.05) is 5.75 Å². The number of benzene rings is 1. The minimum atomic E-state index is -0.641. The fourth-order valence-electron chi connectivity index (χ4n) is 2.90. The van der Waals surface area contributed by atoms with Crippen LogP contribution in [0.2, 0.25) is 0 Å². The minimum absolute atomic E-state index is 0.285. The van der Waals surface area contributed by atoms with Gasteiger partial charge in [-0.05, 0) is 45.4 Å². The van der Waals surface area contributed by atoms with Crippen molar-refractivity contribution >= 4 is 29.5 Å². The Kier molecular flexibility index (Phi) is 4.84. The molecule has 2 aliphatic heterocycles. The molecule has 1 fully saturated rings. The van der Waals surface area contributed by atoms with Crippen LogP contribution in [0.3, 0.4) is 0 Å². The number of esters is 1. The molecule has 6 nitrogen and oxygen atoms in total. The Balaban J connectivity index is 1.75. The van der Waals surface area contributed by atoms with Gasteiger partial charge in [-0.1, -0.05) is 18.2 Å². The number of hydrogen-bond acceptors (Lipinski definition) is 5. The van der Waals surface area contributed by atoms with Gasteiger partial charge in [0.05, 0.1) is 0 Å². The first-order valence-electron chi connectivity index (χ1n) is 8.43. The van der Waals surface area contributed by atoms with E-state index in [1.807, 2.05) is 13.0 Å². The number of ether oxygens (including phenoxy) is 1. The van der Waals surface area contributed by atoms with Crippen LogP contribution in [0, 0.1) is 0 Å². The first-order chi connectivity index (χ1) is 12.2. The summed E-state index contributed by atoms with van der Waals surface area (Å²) in [5, 5.41) is 2.49. The second-order valence-corrected chi connectivity index (χ2v) is 8.46. The van der Waals surface area contributed by atoms with Gasteiger partial charge in [-0.2, -0.15) is 0 Å². The molecule has 1 N–H and O–H groups in total. The number of rotatable bonds is 3. The van der Waals surface area contributed by atoms with Gasteiger partial charge in [0.2, 0.25) is 0 Å². The Hall–Kier alpha value is -2.28. The molecule has 1 unspecified atom stereocenters. The quantitative estimate of drug-likeness (QED) is 0.649. The molecule has 0 radical (unpaired) electrons. The van der Waals surface area contributed by atoms with E-state index in [0.717, 1.165) is 5.57 Å². The summed E-state index contributed by atoms with van der Waals surface area (Å²) in [6, 6.07) is 8.11. The number of nitrogens with zero attached hydrogens (tertiary/aromatic N) is 1. The largest absolute Gasteiger partial charge is 0.455 e. The number of β-lactam (4-membered cyclic amide) rings is 1. The molecule has 2 aliphatic rings. The normalized spacial score (nSPS) is 22.5. The Morgan fingerprint density at radius 2 is 1.88 bits per heavy atom. The van der Waals surface area contributed by atoms with Gasteiger partial charge in [0.1, 0.15) is 22.7 Å². The molecule has 3 rings (SSSR count). The highest BCUT2D eigenvalue weighted by atomic mass is 32.2. The van der Waals surface area contributed by atoms with Gasteiger partial charge in [0, 0.05) is 11.3 Å². The molecule has 1 aromatic rings. The molecule has 2 heterocycles. The topological polar surface area (TPSA) is 75.7 Å². The number of thioether (sulfide) groups is 1. The van der Waals surface area contributed by atoms with E-state index >= 15 is 0 Å². The van der Waals surface area contributed by atoms with Gasteiger partial charge in [0.25, 0.3) is 11.8 Å². The number of fused-ring (bicyclic) bond motifs is 1. The van der Waals surface area contributed by atoms with E-state index < -0.39 is 17.6 Å². The fraction of sp³-hybridized carbons (Fsp3) is 0.421. The molecule has 26 heavy (non-hydrogen) atoms. The fourth-order valence-corrected chi connectivity index (χ4v) is 4.20. The maximum atomic E-state index is 12.6. The van der Waals surface area contributed by atoms with Crippen molar-refractivity contribution in [3.05, 3.63) is 47.2 Å². The SMILES string of the molecule is CC1=C(C(=O)OC(C)(C)C)N2C(=O)C(NC(=O)c3ccccc3)[C@H]2SC1. The van der Waals surface area contributed by atoms with Crippen molar-refractivity contribution in [1.29, 1.82) is 0 Å². The molecule has 1 saturated heterocycles. The van der Waals surface area contributed by atoms with E-state index in [0.29, 0.717) is 17.0 Å². The summed E-state index contributed by atoms with van der Waals surface area (Å²) in [5.74, 6) is -0.469. The molecule has 0 aromatic heterocycles. The van der Waals surface area contributed by atoms with E-state index in [-0.39, 0.29) is 17.2 Å². The standard InChI is InChI=1S/C19H22N2O4S/c1-11-10-26-17-13(20-15(22)12-8-6-5-7-9-12)16(23)21(17)14(11)18(24)25-19(2,3)4/h5-9,13,17H,10H2,1-4H3,(H,20,22)/t13?,17-/m1/s1. The third kappa shape index (κ3) is 3.49. The molecule has 2 amide bonds. The number of hydrogen-bond donors (Lipinski definition) is 1. The molecule has 1 aromatic carbocycles. The molecule has 0 spiro atoms. The first-order valence-corrected chi connectivity index (χ1v) is 9.47. The summed E-state index contributed by atoms with van der Waals surface area (Å²) in [4.78, 5) is 39.0. The third-order valence-corrected chi connectivity index (χ3v) is 5.50. The maximum absolute atomic E-state index is 12.6. The smallest absolute Gasteiger partial charge is 0.355 e. The van der Waals surface area contributed by atoms with Gasteiger partial charge >= 0.3 is 5.97 Å². The van der Waals surface area contributed by atoms with Gasteiger partial charge < -0.3 is 10.1 Å². The summed E-state index contributed by atoms with van der Waals surface area (Å²) in [7, 11) is 0. The van der Waals surface area contributed by atoms with Crippen molar-refractivity contribution in [2.24, 2.45) is 0 Å². The van der Waals surface area contributed by atoms with E-state index in [1.54, 1.807) is 45.0 Å². The van der Waals surface area contributed by atoms with E-state index in [4.69, 9.17) is 4.74 Å². The van der Waals surface area contributed by atoms with Gasteiger partial charge in [-0.25, -0.2) is 4.79 Å². The van der Waals surface area contributed by atoms with Crippen molar-refractivity contribution < 1.29 is 19.1 Å². The van der Waals surface area contributed by atoms with Crippen LogP contribution in [-0.4, -0.2) is 45.5 Å². The zero-order valence-corrected chi connectivity index (χ0v) is 16.1. The third-order valence-electron chi connectivity index (χ3n) is 4.07. The molecule has 138 valence electrons. The number of carbonyl (C=O) groups excluding carboxylic acids is 3. The average Bonchev–Trinajstić information content (AvgIpc) is 2.58. The van der Waals surface area contributed by atoms with Crippen LogP contribution in [-0.2, 0) is 14.3 Å². The van der Waals surface area contributed by atoms with E-state index in [1.165, 1.54) is 16.7 Å². The highest BCUT2D eigenvalue weighted by Crippen LogP contribution is 2.40. The lowest BCUT2D eigenvalue weighted by Gasteiger charge is -2.49. The average molecular weight is 374 g/mol. The predicted octanol–water partition coefficient (Wildman–Crippen LogP) is 2.32. The zero-order chi connectivity index (χ0) is 19.1. The summed E-state index contributed by atoms with van der Waals surface area (Å²) < 4.78 is 5.45. The van der Waals surface area contributed by atoms with E-state index in [9.17, 15) is 14.4 Å². The summed E-state index contributed by atoms with van der Waals surface area (Å²) in [6.45, 7) is 7.19. The molecule has 7 heteroatoms. The second-order valence-electron chi connectivity index (χ2n) is 7.36.